The third kappa shape index (κ3) is 4.30. The van der Waals surface area contributed by atoms with Gasteiger partial charge in [-0.25, -0.2) is 13.2 Å². The highest BCUT2D eigenvalue weighted by Crippen LogP contribution is 2.35. The molecule has 2 rings (SSSR count). The van der Waals surface area contributed by atoms with Crippen LogP contribution in [0.4, 0.5) is 13.2 Å². The minimum Gasteiger partial charge on any atom is -0.478 e. The Labute approximate surface area is 141 Å². The molecule has 0 aliphatic carbocycles. The number of carbonyl (C=O) groups is 1. The first-order chi connectivity index (χ1) is 11.4. The van der Waals surface area contributed by atoms with E-state index in [1.807, 2.05) is 0 Å². The molecule has 0 spiro atoms. The predicted molar refractivity (Wildman–Crippen MR) is 82.8 cm³/mol. The van der Waals surface area contributed by atoms with E-state index in [1.165, 1.54) is 19.1 Å². The van der Waals surface area contributed by atoms with Crippen LogP contribution in [0.3, 0.4) is 0 Å². The second kappa shape index (κ2) is 6.40. The van der Waals surface area contributed by atoms with Gasteiger partial charge in [0.25, 0.3) is 0 Å². The molecule has 0 atom stereocenters. The van der Waals surface area contributed by atoms with Crippen molar-refractivity contribution in [3.05, 3.63) is 53.1 Å². The van der Waals surface area contributed by atoms with E-state index in [1.54, 1.807) is 0 Å². The summed E-state index contributed by atoms with van der Waals surface area (Å²) in [4.78, 5) is 10.7. The van der Waals surface area contributed by atoms with Crippen molar-refractivity contribution < 1.29 is 36.2 Å². The second-order valence-corrected chi connectivity index (χ2v) is 7.30. The van der Waals surface area contributed by atoms with Crippen LogP contribution in [0.2, 0.25) is 0 Å². The Kier molecular flexibility index (Phi) is 4.81. The normalized spacial score (nSPS) is 12.0. The van der Waals surface area contributed by atoms with Gasteiger partial charge in [-0.2, -0.15) is 13.2 Å². The Bertz CT molecular complexity index is 933. The monoisotopic (exact) mass is 374 g/mol. The number of carboxylic acid groups (broad SMARTS) is 1. The maximum atomic E-state index is 12.8. The van der Waals surface area contributed by atoms with E-state index in [4.69, 9.17) is 9.84 Å². The van der Waals surface area contributed by atoms with Crippen LogP contribution in [0, 0.1) is 6.92 Å². The lowest BCUT2D eigenvalue weighted by Gasteiger charge is -2.14. The SMILES string of the molecule is Cc1cc(Oc2cccc(C(F)(F)F)c2)c(S(C)(=O)=O)cc1C(=O)O. The highest BCUT2D eigenvalue weighted by Gasteiger charge is 2.31. The molecular weight excluding hydrogens is 361 g/mol. The van der Waals surface area contributed by atoms with E-state index >= 15 is 0 Å². The van der Waals surface area contributed by atoms with Crippen molar-refractivity contribution in [1.29, 1.82) is 0 Å². The van der Waals surface area contributed by atoms with Crippen molar-refractivity contribution in [1.82, 2.24) is 0 Å². The summed E-state index contributed by atoms with van der Waals surface area (Å²) >= 11 is 0. The van der Waals surface area contributed by atoms with Gasteiger partial charge >= 0.3 is 12.1 Å². The van der Waals surface area contributed by atoms with Crippen LogP contribution in [0.15, 0.2) is 41.3 Å². The van der Waals surface area contributed by atoms with E-state index in [0.29, 0.717) is 0 Å². The number of ether oxygens (including phenoxy) is 1. The number of hydrogen-bond acceptors (Lipinski definition) is 4. The summed E-state index contributed by atoms with van der Waals surface area (Å²) in [5.41, 5.74) is -0.983. The summed E-state index contributed by atoms with van der Waals surface area (Å²) in [6.45, 7) is 1.43. The molecule has 2 aromatic carbocycles. The molecule has 0 aliphatic rings. The number of sulfone groups is 1. The number of hydrogen-bond donors (Lipinski definition) is 1. The molecule has 0 heterocycles. The highest BCUT2D eigenvalue weighted by molar-refractivity contribution is 7.90. The molecule has 1 N–H and O–H groups in total. The molecule has 0 amide bonds. The van der Waals surface area contributed by atoms with Gasteiger partial charge in [0, 0.05) is 6.26 Å². The van der Waals surface area contributed by atoms with Crippen LogP contribution in [0.1, 0.15) is 21.5 Å². The Morgan fingerprint density at radius 1 is 1.16 bits per heavy atom. The van der Waals surface area contributed by atoms with E-state index in [0.717, 1.165) is 30.5 Å². The molecular formula is C16H13F3O5S. The van der Waals surface area contributed by atoms with E-state index in [-0.39, 0.29) is 22.6 Å². The summed E-state index contributed by atoms with van der Waals surface area (Å²) < 4.78 is 67.4. The third-order valence-corrected chi connectivity index (χ3v) is 4.43. The molecule has 0 unspecified atom stereocenters. The quantitative estimate of drug-likeness (QED) is 0.878. The van der Waals surface area contributed by atoms with Gasteiger partial charge in [-0.05, 0) is 42.8 Å². The molecule has 0 aliphatic heterocycles. The molecule has 25 heavy (non-hydrogen) atoms. The van der Waals surface area contributed by atoms with Gasteiger partial charge in [-0.1, -0.05) is 6.07 Å². The number of alkyl halides is 3. The average molecular weight is 374 g/mol. The minimum atomic E-state index is -4.58. The van der Waals surface area contributed by atoms with E-state index < -0.39 is 32.4 Å². The van der Waals surface area contributed by atoms with Gasteiger partial charge in [-0.15, -0.1) is 0 Å². The number of rotatable bonds is 4. The maximum Gasteiger partial charge on any atom is 0.416 e. The Morgan fingerprint density at radius 3 is 2.32 bits per heavy atom. The van der Waals surface area contributed by atoms with Crippen molar-refractivity contribution in [2.45, 2.75) is 18.0 Å². The molecule has 0 radical (unpaired) electrons. The Hall–Kier alpha value is -2.55. The average Bonchev–Trinajstić information content (AvgIpc) is 2.45. The molecule has 2 aromatic rings. The lowest BCUT2D eigenvalue weighted by atomic mass is 10.1. The van der Waals surface area contributed by atoms with Gasteiger partial charge < -0.3 is 9.84 Å². The molecule has 5 nitrogen and oxygen atoms in total. The smallest absolute Gasteiger partial charge is 0.416 e. The first-order valence-corrected chi connectivity index (χ1v) is 8.72. The van der Waals surface area contributed by atoms with E-state index in [9.17, 15) is 26.4 Å². The van der Waals surface area contributed by atoms with Crippen LogP contribution in [-0.2, 0) is 16.0 Å². The van der Waals surface area contributed by atoms with Crippen LogP contribution >= 0.6 is 0 Å². The van der Waals surface area contributed by atoms with Gasteiger partial charge in [0.1, 0.15) is 16.4 Å². The van der Waals surface area contributed by atoms with Crippen molar-refractivity contribution in [2.24, 2.45) is 0 Å². The van der Waals surface area contributed by atoms with Crippen LogP contribution in [0.5, 0.6) is 11.5 Å². The number of halogens is 3. The van der Waals surface area contributed by atoms with Gasteiger partial charge in [0.05, 0.1) is 11.1 Å². The zero-order chi connectivity index (χ0) is 19.0. The summed E-state index contributed by atoms with van der Waals surface area (Å²) in [6.07, 6.45) is -3.73. The van der Waals surface area contributed by atoms with Crippen molar-refractivity contribution in [3.8, 4) is 11.5 Å². The largest absolute Gasteiger partial charge is 0.478 e. The lowest BCUT2D eigenvalue weighted by molar-refractivity contribution is -0.137. The van der Waals surface area contributed by atoms with Gasteiger partial charge in [0.15, 0.2) is 9.84 Å². The van der Waals surface area contributed by atoms with Gasteiger partial charge in [0.2, 0.25) is 0 Å². The molecule has 0 aromatic heterocycles. The van der Waals surface area contributed by atoms with Crippen molar-refractivity contribution in [3.63, 3.8) is 0 Å². The molecule has 0 fully saturated rings. The molecule has 9 heteroatoms. The molecule has 0 saturated carbocycles. The zero-order valence-electron chi connectivity index (χ0n) is 13.1. The highest BCUT2D eigenvalue weighted by atomic mass is 32.2. The van der Waals surface area contributed by atoms with Crippen LogP contribution < -0.4 is 4.74 Å². The molecule has 0 saturated heterocycles. The Balaban J connectivity index is 2.57. The Morgan fingerprint density at radius 2 is 1.80 bits per heavy atom. The van der Waals surface area contributed by atoms with Crippen LogP contribution in [-0.4, -0.2) is 25.7 Å². The van der Waals surface area contributed by atoms with Crippen molar-refractivity contribution >= 4 is 15.8 Å². The van der Waals surface area contributed by atoms with Gasteiger partial charge in [-0.3, -0.25) is 0 Å². The first-order valence-electron chi connectivity index (χ1n) is 6.82. The fourth-order valence-electron chi connectivity index (χ4n) is 2.12. The number of aryl methyl sites for hydroxylation is 1. The van der Waals surface area contributed by atoms with E-state index in [2.05, 4.69) is 0 Å². The minimum absolute atomic E-state index is 0.210. The summed E-state index contributed by atoms with van der Waals surface area (Å²) in [5, 5.41) is 9.10. The lowest BCUT2D eigenvalue weighted by Crippen LogP contribution is -2.07. The topological polar surface area (TPSA) is 80.7 Å². The third-order valence-electron chi connectivity index (χ3n) is 3.31. The number of aromatic carboxylic acids is 1. The second-order valence-electron chi connectivity index (χ2n) is 5.32. The maximum absolute atomic E-state index is 12.8. The first kappa shape index (κ1) is 18.8. The number of benzene rings is 2. The fourth-order valence-corrected chi connectivity index (χ4v) is 2.92. The predicted octanol–water partition coefficient (Wildman–Crippen LogP) is 3.91. The fraction of sp³-hybridized carbons (Fsp3) is 0.188. The molecule has 0 bridgehead atoms. The summed E-state index contributed by atoms with van der Waals surface area (Å²) in [5.74, 6) is -1.79. The summed E-state index contributed by atoms with van der Waals surface area (Å²) in [7, 11) is -3.88. The number of carboxylic acids is 1. The molecule has 134 valence electrons. The summed E-state index contributed by atoms with van der Waals surface area (Å²) in [6, 6.07) is 6.03. The zero-order valence-corrected chi connectivity index (χ0v) is 13.9. The standard InChI is InChI=1S/C16H13F3O5S/c1-9-6-13(14(25(2,22)23)8-12(9)15(20)21)24-11-5-3-4-10(7-11)16(17,18)19/h3-8H,1-2H3,(H,20,21). The van der Waals surface area contributed by atoms with Crippen LogP contribution in [0.25, 0.3) is 0 Å². The van der Waals surface area contributed by atoms with Crippen molar-refractivity contribution in [2.75, 3.05) is 6.26 Å².